The molecule has 0 atom stereocenters. The van der Waals surface area contributed by atoms with Gasteiger partial charge in [0.2, 0.25) is 0 Å². The second-order valence-electron chi connectivity index (χ2n) is 9.42. The maximum absolute atomic E-state index is 5.84. The lowest BCUT2D eigenvalue weighted by molar-refractivity contribution is 0.310. The predicted octanol–water partition coefficient (Wildman–Crippen LogP) is 8.19. The van der Waals surface area contributed by atoms with Gasteiger partial charge in [-0.2, -0.15) is 0 Å². The molecule has 0 bridgehead atoms. The third-order valence-electron chi connectivity index (χ3n) is 7.16. The molecule has 0 aromatic heterocycles. The highest BCUT2D eigenvalue weighted by Crippen LogP contribution is 2.37. The Labute approximate surface area is 188 Å². The third-order valence-corrected chi connectivity index (χ3v) is 7.16. The number of rotatable bonds is 8. The van der Waals surface area contributed by atoms with Crippen LogP contribution in [0.1, 0.15) is 74.5 Å². The maximum Gasteiger partial charge on any atom is 0.0314 e. The average Bonchev–Trinajstić information content (AvgIpc) is 2.83. The van der Waals surface area contributed by atoms with Crippen LogP contribution in [0.5, 0.6) is 0 Å². The zero-order valence-electron chi connectivity index (χ0n) is 19.0. The van der Waals surface area contributed by atoms with Gasteiger partial charge in [0.1, 0.15) is 0 Å². The number of nitrogens with two attached hydrogens (primary N) is 1. The van der Waals surface area contributed by atoms with Crippen molar-refractivity contribution in [3.63, 3.8) is 0 Å². The van der Waals surface area contributed by atoms with E-state index in [4.69, 9.17) is 5.73 Å². The predicted molar refractivity (Wildman–Crippen MR) is 134 cm³/mol. The van der Waals surface area contributed by atoms with Crippen molar-refractivity contribution in [2.75, 3.05) is 5.73 Å². The van der Waals surface area contributed by atoms with Crippen LogP contribution < -0.4 is 5.73 Å². The van der Waals surface area contributed by atoms with E-state index < -0.39 is 0 Å². The lowest BCUT2D eigenvalue weighted by Gasteiger charge is -2.29. The summed E-state index contributed by atoms with van der Waals surface area (Å²) in [6, 6.07) is 26.9. The molecule has 0 heterocycles. The van der Waals surface area contributed by atoms with Gasteiger partial charge in [-0.15, -0.1) is 0 Å². The molecule has 0 amide bonds. The van der Waals surface area contributed by atoms with Gasteiger partial charge in [0.05, 0.1) is 0 Å². The lowest BCUT2D eigenvalue weighted by Crippen LogP contribution is -2.14. The molecule has 1 aliphatic carbocycles. The van der Waals surface area contributed by atoms with Crippen molar-refractivity contribution in [2.24, 2.45) is 5.92 Å². The van der Waals surface area contributed by atoms with Crippen molar-refractivity contribution in [3.05, 3.63) is 89.5 Å². The maximum atomic E-state index is 5.84. The minimum Gasteiger partial charge on any atom is -0.399 e. The molecule has 0 aliphatic heterocycles. The molecule has 162 valence electrons. The van der Waals surface area contributed by atoms with E-state index in [2.05, 4.69) is 67.6 Å². The fourth-order valence-electron chi connectivity index (χ4n) is 5.03. The summed E-state index contributed by atoms with van der Waals surface area (Å²) in [5.41, 5.74) is 13.8. The van der Waals surface area contributed by atoms with Crippen LogP contribution >= 0.6 is 0 Å². The number of anilines is 1. The molecule has 1 nitrogen and oxygen atoms in total. The Balaban J connectivity index is 1.25. The first kappa shape index (κ1) is 21.7. The Bertz CT molecular complexity index is 914. The highest BCUT2D eigenvalue weighted by atomic mass is 14.5. The van der Waals surface area contributed by atoms with Crippen molar-refractivity contribution in [2.45, 2.75) is 70.6 Å². The van der Waals surface area contributed by atoms with Crippen molar-refractivity contribution < 1.29 is 0 Å². The minimum atomic E-state index is 0.726. The van der Waals surface area contributed by atoms with Gasteiger partial charge in [-0.3, -0.25) is 0 Å². The Morgan fingerprint density at radius 1 is 0.677 bits per heavy atom. The zero-order valence-corrected chi connectivity index (χ0v) is 19.0. The van der Waals surface area contributed by atoms with Gasteiger partial charge in [0, 0.05) is 5.69 Å². The number of benzene rings is 3. The SMILES string of the molecule is CCCCc1ccc(-c2ccc(CC[C@H]3CC[C@H](c4ccc(N)cc4)CC3)cc2)cc1. The van der Waals surface area contributed by atoms with Gasteiger partial charge in [-0.25, -0.2) is 0 Å². The summed E-state index contributed by atoms with van der Waals surface area (Å²) in [7, 11) is 0. The zero-order chi connectivity index (χ0) is 21.5. The molecule has 1 aliphatic rings. The van der Waals surface area contributed by atoms with Crippen molar-refractivity contribution in [3.8, 4) is 11.1 Å². The van der Waals surface area contributed by atoms with Gasteiger partial charge in [-0.05, 0) is 103 Å². The first-order valence-corrected chi connectivity index (χ1v) is 12.2. The first-order chi connectivity index (χ1) is 15.2. The van der Waals surface area contributed by atoms with E-state index in [-0.39, 0.29) is 0 Å². The first-order valence-electron chi connectivity index (χ1n) is 12.2. The molecule has 0 radical (unpaired) electrons. The molecule has 0 unspecified atom stereocenters. The molecule has 1 heteroatoms. The van der Waals surface area contributed by atoms with E-state index in [1.54, 1.807) is 0 Å². The topological polar surface area (TPSA) is 26.0 Å². The van der Waals surface area contributed by atoms with E-state index in [1.165, 1.54) is 85.6 Å². The summed E-state index contributed by atoms with van der Waals surface area (Å²) in [5.74, 6) is 1.60. The molecule has 4 rings (SSSR count). The summed E-state index contributed by atoms with van der Waals surface area (Å²) < 4.78 is 0. The molecular weight excluding hydrogens is 374 g/mol. The van der Waals surface area contributed by atoms with Crippen LogP contribution in [0.4, 0.5) is 5.69 Å². The van der Waals surface area contributed by atoms with Crippen LogP contribution in [0.2, 0.25) is 0 Å². The molecule has 3 aromatic rings. The van der Waals surface area contributed by atoms with E-state index in [0.717, 1.165) is 17.5 Å². The van der Waals surface area contributed by atoms with Crippen LogP contribution in [-0.4, -0.2) is 0 Å². The highest BCUT2D eigenvalue weighted by molar-refractivity contribution is 5.64. The normalized spacial score (nSPS) is 18.7. The van der Waals surface area contributed by atoms with Gasteiger partial charge < -0.3 is 5.73 Å². The summed E-state index contributed by atoms with van der Waals surface area (Å²) in [4.78, 5) is 0. The Morgan fingerprint density at radius 2 is 1.23 bits per heavy atom. The number of unbranched alkanes of at least 4 members (excludes halogenated alkanes) is 1. The molecular formula is C30H37N. The fraction of sp³-hybridized carbons (Fsp3) is 0.400. The quantitative estimate of drug-likeness (QED) is 0.371. The Hall–Kier alpha value is -2.54. The van der Waals surface area contributed by atoms with E-state index in [9.17, 15) is 0 Å². The van der Waals surface area contributed by atoms with Crippen molar-refractivity contribution >= 4 is 5.69 Å². The molecule has 31 heavy (non-hydrogen) atoms. The minimum absolute atomic E-state index is 0.726. The number of hydrogen-bond acceptors (Lipinski definition) is 1. The summed E-state index contributed by atoms with van der Waals surface area (Å²) in [6.45, 7) is 2.25. The molecule has 1 saturated carbocycles. The monoisotopic (exact) mass is 411 g/mol. The largest absolute Gasteiger partial charge is 0.399 e. The summed E-state index contributed by atoms with van der Waals surface area (Å²) >= 11 is 0. The van der Waals surface area contributed by atoms with Gasteiger partial charge >= 0.3 is 0 Å². The average molecular weight is 412 g/mol. The van der Waals surface area contributed by atoms with Crippen molar-refractivity contribution in [1.29, 1.82) is 0 Å². The number of nitrogen functional groups attached to an aromatic ring is 1. The van der Waals surface area contributed by atoms with E-state index in [1.807, 2.05) is 12.1 Å². The summed E-state index contributed by atoms with van der Waals surface area (Å²) in [5, 5.41) is 0. The van der Waals surface area contributed by atoms with Crippen LogP contribution in [0, 0.1) is 5.92 Å². The van der Waals surface area contributed by atoms with Crippen LogP contribution in [0.3, 0.4) is 0 Å². The molecule has 3 aromatic carbocycles. The Kier molecular flexibility index (Phi) is 7.46. The van der Waals surface area contributed by atoms with E-state index in [0.29, 0.717) is 0 Å². The van der Waals surface area contributed by atoms with Crippen molar-refractivity contribution in [1.82, 2.24) is 0 Å². The second-order valence-corrected chi connectivity index (χ2v) is 9.42. The molecule has 0 saturated heterocycles. The lowest BCUT2D eigenvalue weighted by atomic mass is 9.77. The number of aryl methyl sites for hydroxylation is 2. The van der Waals surface area contributed by atoms with Gasteiger partial charge in [0.15, 0.2) is 0 Å². The smallest absolute Gasteiger partial charge is 0.0314 e. The molecule has 2 N–H and O–H groups in total. The fourth-order valence-corrected chi connectivity index (χ4v) is 5.03. The summed E-state index contributed by atoms with van der Waals surface area (Å²) in [6.07, 6.45) is 11.6. The van der Waals surface area contributed by atoms with E-state index >= 15 is 0 Å². The highest BCUT2D eigenvalue weighted by Gasteiger charge is 2.22. The second kappa shape index (κ2) is 10.7. The third kappa shape index (κ3) is 6.00. The van der Waals surface area contributed by atoms with Crippen LogP contribution in [-0.2, 0) is 12.8 Å². The van der Waals surface area contributed by atoms with Gasteiger partial charge in [0.25, 0.3) is 0 Å². The van der Waals surface area contributed by atoms with Gasteiger partial charge in [-0.1, -0.05) is 74.0 Å². The Morgan fingerprint density at radius 3 is 1.77 bits per heavy atom. The van der Waals surface area contributed by atoms with Crippen LogP contribution in [0.15, 0.2) is 72.8 Å². The van der Waals surface area contributed by atoms with Crippen LogP contribution in [0.25, 0.3) is 11.1 Å². The molecule has 0 spiro atoms. The molecule has 1 fully saturated rings. The number of hydrogen-bond donors (Lipinski definition) is 1. The standard InChI is InChI=1S/C30H37N/c1-2-3-4-23-7-13-26(14-8-23)27-15-9-24(10-16-27)5-6-25-11-17-28(18-12-25)29-19-21-30(31)22-20-29/h7-10,13-16,19-22,25,28H,2-6,11-12,17-18,31H2,1H3/t25-,28-.